The number of benzene rings is 1. The summed E-state index contributed by atoms with van der Waals surface area (Å²) in [5.41, 5.74) is 6.03. The summed E-state index contributed by atoms with van der Waals surface area (Å²) >= 11 is 0. The van der Waals surface area contributed by atoms with Crippen LogP contribution < -0.4 is 5.73 Å². The molecule has 68 valence electrons. The Morgan fingerprint density at radius 3 is 2.54 bits per heavy atom. The van der Waals surface area contributed by atoms with Crippen LogP contribution in [-0.4, -0.2) is 5.97 Å². The van der Waals surface area contributed by atoms with Crippen LogP contribution in [-0.2, 0) is 9.63 Å². The van der Waals surface area contributed by atoms with Gasteiger partial charge in [-0.25, -0.2) is 4.79 Å². The lowest BCUT2D eigenvalue weighted by atomic mass is 10.1. The molecule has 2 N–H and O–H groups in total. The Labute approximate surface area is 74.4 Å². The fourth-order valence-electron chi connectivity index (χ4n) is 0.890. The van der Waals surface area contributed by atoms with Crippen LogP contribution >= 0.6 is 0 Å². The van der Waals surface area contributed by atoms with Crippen molar-refractivity contribution in [3.8, 4) is 0 Å². The predicted octanol–water partition coefficient (Wildman–Crippen LogP) is 0.911. The normalized spacial score (nSPS) is 11.8. The molecule has 1 aromatic carbocycles. The number of nitrogens with two attached hydrogens (primary N) is 1. The largest absolute Gasteiger partial charge is 0.359 e. The van der Waals surface area contributed by atoms with Gasteiger partial charge in [-0.1, -0.05) is 30.3 Å². The standard InChI is InChI=1S/C8H8N2O3/c9-7(8(11)13-10-12)6-4-2-1-3-5-6/h1-5,7H,9H2. The number of carbonyl (C=O) groups excluding carboxylic acids is 1. The second-order valence-electron chi connectivity index (χ2n) is 2.37. The summed E-state index contributed by atoms with van der Waals surface area (Å²) in [6, 6.07) is 7.62. The van der Waals surface area contributed by atoms with Gasteiger partial charge in [0.05, 0.1) is 0 Å². The zero-order valence-corrected chi connectivity index (χ0v) is 6.71. The van der Waals surface area contributed by atoms with Crippen molar-refractivity contribution in [2.24, 2.45) is 11.1 Å². The number of rotatable bonds is 3. The van der Waals surface area contributed by atoms with Crippen LogP contribution in [0, 0.1) is 4.91 Å². The van der Waals surface area contributed by atoms with Gasteiger partial charge < -0.3 is 5.73 Å². The first-order valence-electron chi connectivity index (χ1n) is 3.59. The van der Waals surface area contributed by atoms with E-state index in [9.17, 15) is 9.70 Å². The molecule has 1 atom stereocenters. The average molecular weight is 180 g/mol. The first-order valence-corrected chi connectivity index (χ1v) is 3.59. The topological polar surface area (TPSA) is 81.8 Å². The van der Waals surface area contributed by atoms with E-state index in [-0.39, 0.29) is 0 Å². The fraction of sp³-hybridized carbons (Fsp3) is 0.125. The van der Waals surface area contributed by atoms with Crippen molar-refractivity contribution in [2.45, 2.75) is 6.04 Å². The van der Waals surface area contributed by atoms with E-state index < -0.39 is 12.0 Å². The SMILES string of the molecule is NC(C(=O)ON=O)c1ccccc1. The molecule has 0 saturated carbocycles. The average Bonchev–Trinajstić information content (AvgIpc) is 2.18. The van der Waals surface area contributed by atoms with Gasteiger partial charge in [-0.05, 0) is 5.56 Å². The lowest BCUT2D eigenvalue weighted by molar-refractivity contribution is -0.145. The second kappa shape index (κ2) is 4.32. The van der Waals surface area contributed by atoms with Gasteiger partial charge in [-0.3, -0.25) is 4.84 Å². The molecule has 1 rings (SSSR count). The molecule has 13 heavy (non-hydrogen) atoms. The Balaban J connectivity index is 2.73. The molecule has 0 bridgehead atoms. The maximum absolute atomic E-state index is 10.9. The zero-order chi connectivity index (χ0) is 9.68. The summed E-state index contributed by atoms with van der Waals surface area (Å²) in [7, 11) is 0. The number of hydrogen-bond donors (Lipinski definition) is 1. The highest BCUT2D eigenvalue weighted by Gasteiger charge is 2.17. The van der Waals surface area contributed by atoms with Gasteiger partial charge in [0.25, 0.3) is 0 Å². The summed E-state index contributed by atoms with van der Waals surface area (Å²) in [6.45, 7) is 0. The first kappa shape index (κ1) is 9.34. The minimum atomic E-state index is -0.959. The van der Waals surface area contributed by atoms with E-state index in [2.05, 4.69) is 4.84 Å². The third-order valence-electron chi connectivity index (χ3n) is 1.54. The van der Waals surface area contributed by atoms with Gasteiger partial charge in [-0.15, -0.1) is 4.91 Å². The van der Waals surface area contributed by atoms with Gasteiger partial charge in [0, 0.05) is 0 Å². The van der Waals surface area contributed by atoms with Crippen LogP contribution in [0.2, 0.25) is 0 Å². The van der Waals surface area contributed by atoms with E-state index >= 15 is 0 Å². The van der Waals surface area contributed by atoms with Crippen molar-refractivity contribution in [1.29, 1.82) is 0 Å². The maximum atomic E-state index is 10.9. The molecule has 0 spiro atoms. The highest BCUT2D eigenvalue weighted by molar-refractivity contribution is 5.77. The fourth-order valence-corrected chi connectivity index (χ4v) is 0.890. The molecule has 1 aromatic rings. The van der Waals surface area contributed by atoms with Crippen LogP contribution in [0.4, 0.5) is 0 Å². The zero-order valence-electron chi connectivity index (χ0n) is 6.71. The second-order valence-corrected chi connectivity index (χ2v) is 2.37. The Hall–Kier alpha value is -1.75. The van der Waals surface area contributed by atoms with Crippen LogP contribution in [0.3, 0.4) is 0 Å². The van der Waals surface area contributed by atoms with Crippen LogP contribution in [0.5, 0.6) is 0 Å². The van der Waals surface area contributed by atoms with Crippen molar-refractivity contribution in [1.82, 2.24) is 0 Å². The third kappa shape index (κ3) is 2.34. The van der Waals surface area contributed by atoms with E-state index in [0.717, 1.165) is 0 Å². The molecule has 5 heteroatoms. The molecule has 0 heterocycles. The maximum Gasteiger partial charge on any atom is 0.359 e. The monoisotopic (exact) mass is 180 g/mol. The van der Waals surface area contributed by atoms with Crippen molar-refractivity contribution < 1.29 is 9.63 Å². The molecule has 0 fully saturated rings. The van der Waals surface area contributed by atoms with Crippen molar-refractivity contribution in [3.05, 3.63) is 40.8 Å². The van der Waals surface area contributed by atoms with E-state index in [0.29, 0.717) is 5.56 Å². The summed E-state index contributed by atoms with van der Waals surface area (Å²) in [4.78, 5) is 24.4. The van der Waals surface area contributed by atoms with Crippen LogP contribution in [0.25, 0.3) is 0 Å². The molecule has 0 aliphatic carbocycles. The molecular weight excluding hydrogens is 172 g/mol. The smallest absolute Gasteiger partial charge is 0.315 e. The number of nitrogens with zero attached hydrogens (tertiary/aromatic N) is 1. The quantitative estimate of drug-likeness (QED) is 0.553. The van der Waals surface area contributed by atoms with E-state index in [1.54, 1.807) is 30.3 Å². The Morgan fingerprint density at radius 2 is 2.00 bits per heavy atom. The van der Waals surface area contributed by atoms with Gasteiger partial charge >= 0.3 is 5.97 Å². The first-order chi connectivity index (χ1) is 6.25. The molecule has 0 aromatic heterocycles. The highest BCUT2D eigenvalue weighted by Crippen LogP contribution is 2.10. The Bertz CT molecular complexity index is 300. The lowest BCUT2D eigenvalue weighted by Gasteiger charge is -2.06. The van der Waals surface area contributed by atoms with Crippen LogP contribution in [0.1, 0.15) is 11.6 Å². The van der Waals surface area contributed by atoms with Crippen LogP contribution in [0.15, 0.2) is 35.7 Å². The van der Waals surface area contributed by atoms with Crippen molar-refractivity contribution in [2.75, 3.05) is 0 Å². The minimum absolute atomic E-state index is 0.580. The molecular formula is C8H8N2O3. The van der Waals surface area contributed by atoms with E-state index in [4.69, 9.17) is 5.73 Å². The van der Waals surface area contributed by atoms with Gasteiger partial charge in [-0.2, -0.15) is 0 Å². The number of hydrogen-bond acceptors (Lipinski definition) is 5. The summed E-state index contributed by atoms with van der Waals surface area (Å²) in [5.74, 6) is -0.860. The van der Waals surface area contributed by atoms with E-state index in [1.165, 1.54) is 0 Å². The highest BCUT2D eigenvalue weighted by atomic mass is 16.7. The summed E-state index contributed by atoms with van der Waals surface area (Å²) < 4.78 is 0. The third-order valence-corrected chi connectivity index (χ3v) is 1.54. The van der Waals surface area contributed by atoms with Gasteiger partial charge in [0.2, 0.25) is 0 Å². The molecule has 0 aliphatic heterocycles. The Morgan fingerprint density at radius 1 is 1.38 bits per heavy atom. The molecule has 0 amide bonds. The lowest BCUT2D eigenvalue weighted by Crippen LogP contribution is -2.21. The summed E-state index contributed by atoms with van der Waals surface area (Å²) in [5, 5.41) is 2.00. The van der Waals surface area contributed by atoms with Gasteiger partial charge in [0.15, 0.2) is 5.34 Å². The Kier molecular flexibility index (Phi) is 3.10. The van der Waals surface area contributed by atoms with E-state index in [1.807, 2.05) is 5.34 Å². The summed E-state index contributed by atoms with van der Waals surface area (Å²) in [6.07, 6.45) is 0. The molecule has 0 aliphatic rings. The minimum Gasteiger partial charge on any atom is -0.315 e. The van der Waals surface area contributed by atoms with Crippen molar-refractivity contribution in [3.63, 3.8) is 0 Å². The predicted molar refractivity (Wildman–Crippen MR) is 45.3 cm³/mol. The molecule has 0 radical (unpaired) electrons. The molecule has 0 saturated heterocycles. The van der Waals surface area contributed by atoms with Gasteiger partial charge in [0.1, 0.15) is 6.04 Å². The number of carbonyl (C=O) groups is 1. The molecule has 1 unspecified atom stereocenters. The molecule has 5 nitrogen and oxygen atoms in total. The van der Waals surface area contributed by atoms with Crippen molar-refractivity contribution >= 4 is 5.97 Å².